The average Bonchev–Trinajstić information content (AvgIpc) is 2.47. The number of likely N-dealkylation sites (N-methyl/N-ethyl adjacent to an activating group) is 1. The monoisotopic (exact) mass is 312 g/mol. The molecule has 0 saturated carbocycles. The molecule has 1 aliphatic rings. The minimum absolute atomic E-state index is 0.117. The second-order valence-electron chi connectivity index (χ2n) is 4.65. The van der Waals surface area contributed by atoms with Crippen LogP contribution in [-0.2, 0) is 9.53 Å². The Morgan fingerprint density at radius 1 is 1.52 bits per heavy atom. The molecule has 0 spiro atoms. The number of carboxylic acids is 1. The maximum absolute atomic E-state index is 12.1. The molecule has 0 aromatic heterocycles. The molecule has 1 aromatic carbocycles. The fourth-order valence-corrected chi connectivity index (χ4v) is 2.56. The van der Waals surface area contributed by atoms with E-state index in [9.17, 15) is 9.59 Å². The smallest absolute Gasteiger partial charge is 0.335 e. The lowest BCUT2D eigenvalue weighted by atomic mass is 10.1. The summed E-state index contributed by atoms with van der Waals surface area (Å²) in [6, 6.07) is 4.03. The zero-order valence-corrected chi connectivity index (χ0v) is 12.4. The summed E-state index contributed by atoms with van der Waals surface area (Å²) in [4.78, 5) is 24.9. The molecule has 21 heavy (non-hydrogen) atoms. The summed E-state index contributed by atoms with van der Waals surface area (Å²) in [5.74, 6) is -1.17. The Kier molecular flexibility index (Phi) is 5.03. The number of hydrogen-bond acceptors (Lipinski definition) is 4. The summed E-state index contributed by atoms with van der Waals surface area (Å²) in [5.41, 5.74) is 0.757. The van der Waals surface area contributed by atoms with Crippen LogP contribution >= 0.6 is 11.6 Å². The summed E-state index contributed by atoms with van der Waals surface area (Å²) < 4.78 is 5.36. The minimum Gasteiger partial charge on any atom is -0.478 e. The van der Waals surface area contributed by atoms with Crippen LogP contribution in [0.25, 0.3) is 0 Å². The predicted molar refractivity (Wildman–Crippen MR) is 79.0 cm³/mol. The molecule has 1 heterocycles. The Labute approximate surface area is 127 Å². The normalized spacial score (nSPS) is 18.4. The SMILES string of the molecule is CCNC(=O)C1COCCN1c1ccc(C(=O)O)cc1Cl. The van der Waals surface area contributed by atoms with E-state index in [-0.39, 0.29) is 18.1 Å². The number of nitrogens with zero attached hydrogens (tertiary/aromatic N) is 1. The summed E-state index contributed by atoms with van der Waals surface area (Å²) in [7, 11) is 0. The van der Waals surface area contributed by atoms with Gasteiger partial charge in [0.05, 0.1) is 29.5 Å². The molecule has 7 heteroatoms. The molecule has 1 atom stereocenters. The maximum Gasteiger partial charge on any atom is 0.335 e. The van der Waals surface area contributed by atoms with Gasteiger partial charge in [0.25, 0.3) is 0 Å². The fourth-order valence-electron chi connectivity index (χ4n) is 2.27. The third kappa shape index (κ3) is 3.46. The fraction of sp³-hybridized carbons (Fsp3) is 0.429. The second-order valence-corrected chi connectivity index (χ2v) is 5.06. The summed E-state index contributed by atoms with van der Waals surface area (Å²) >= 11 is 6.18. The standard InChI is InChI=1S/C14H17ClN2O4/c1-2-16-13(18)12-8-21-6-5-17(12)11-4-3-9(14(19)20)7-10(11)15/h3-4,7,12H,2,5-6,8H2,1H3,(H,16,18)(H,19,20). The van der Waals surface area contributed by atoms with Gasteiger partial charge < -0.3 is 20.1 Å². The average molecular weight is 313 g/mol. The maximum atomic E-state index is 12.1. The molecule has 0 bridgehead atoms. The minimum atomic E-state index is -1.04. The molecule has 1 saturated heterocycles. The molecule has 2 rings (SSSR count). The van der Waals surface area contributed by atoms with Crippen molar-refractivity contribution in [1.82, 2.24) is 5.32 Å². The number of halogens is 1. The number of nitrogens with one attached hydrogen (secondary N) is 1. The highest BCUT2D eigenvalue weighted by Gasteiger charge is 2.30. The molecule has 1 amide bonds. The number of rotatable bonds is 4. The molecule has 1 unspecified atom stereocenters. The van der Waals surface area contributed by atoms with Crippen LogP contribution in [0.4, 0.5) is 5.69 Å². The van der Waals surface area contributed by atoms with Crippen LogP contribution in [0, 0.1) is 0 Å². The van der Waals surface area contributed by atoms with Gasteiger partial charge in [-0.3, -0.25) is 4.79 Å². The van der Waals surface area contributed by atoms with Gasteiger partial charge in [0.1, 0.15) is 6.04 Å². The largest absolute Gasteiger partial charge is 0.478 e. The first-order valence-corrected chi connectivity index (χ1v) is 7.07. The van der Waals surface area contributed by atoms with Gasteiger partial charge in [-0.05, 0) is 25.1 Å². The van der Waals surface area contributed by atoms with Crippen LogP contribution < -0.4 is 10.2 Å². The number of carboxylic acid groups (broad SMARTS) is 1. The van der Waals surface area contributed by atoms with Crippen molar-refractivity contribution in [3.63, 3.8) is 0 Å². The molecule has 1 fully saturated rings. The first-order chi connectivity index (χ1) is 10.0. The van der Waals surface area contributed by atoms with Crippen LogP contribution in [0.2, 0.25) is 5.02 Å². The van der Waals surface area contributed by atoms with Crippen molar-refractivity contribution in [3.8, 4) is 0 Å². The molecule has 6 nitrogen and oxygen atoms in total. The van der Waals surface area contributed by atoms with Gasteiger partial charge in [-0.25, -0.2) is 4.79 Å². The Bertz CT molecular complexity index is 550. The molecular weight excluding hydrogens is 296 g/mol. The van der Waals surface area contributed by atoms with Gasteiger partial charge >= 0.3 is 5.97 Å². The van der Waals surface area contributed by atoms with Gasteiger partial charge in [-0.1, -0.05) is 11.6 Å². The van der Waals surface area contributed by atoms with Gasteiger partial charge in [-0.2, -0.15) is 0 Å². The number of ether oxygens (including phenoxy) is 1. The third-order valence-corrected chi connectivity index (χ3v) is 3.59. The highest BCUT2D eigenvalue weighted by molar-refractivity contribution is 6.33. The van der Waals surface area contributed by atoms with E-state index in [2.05, 4.69) is 5.32 Å². The number of amides is 1. The van der Waals surface area contributed by atoms with Gasteiger partial charge in [0.2, 0.25) is 5.91 Å². The second kappa shape index (κ2) is 6.78. The quantitative estimate of drug-likeness (QED) is 0.878. The van der Waals surface area contributed by atoms with Crippen LogP contribution in [0.3, 0.4) is 0 Å². The molecular formula is C14H17ClN2O4. The Morgan fingerprint density at radius 3 is 2.90 bits per heavy atom. The molecule has 1 aliphatic heterocycles. The first-order valence-electron chi connectivity index (χ1n) is 6.69. The Hall–Kier alpha value is -1.79. The van der Waals surface area contributed by atoms with E-state index >= 15 is 0 Å². The van der Waals surface area contributed by atoms with Crippen LogP contribution in [0.5, 0.6) is 0 Å². The number of benzene rings is 1. The number of carbonyl (C=O) groups is 2. The zero-order valence-electron chi connectivity index (χ0n) is 11.6. The van der Waals surface area contributed by atoms with E-state index in [1.165, 1.54) is 12.1 Å². The van der Waals surface area contributed by atoms with E-state index in [0.717, 1.165) is 0 Å². The molecule has 0 aliphatic carbocycles. The molecule has 0 radical (unpaired) electrons. The van der Waals surface area contributed by atoms with E-state index < -0.39 is 12.0 Å². The van der Waals surface area contributed by atoms with E-state index in [1.54, 1.807) is 6.07 Å². The molecule has 1 aromatic rings. The van der Waals surface area contributed by atoms with E-state index in [1.807, 2.05) is 11.8 Å². The number of aromatic carboxylic acids is 1. The van der Waals surface area contributed by atoms with E-state index in [4.69, 9.17) is 21.4 Å². The van der Waals surface area contributed by atoms with Crippen molar-refractivity contribution in [2.24, 2.45) is 0 Å². The number of anilines is 1. The van der Waals surface area contributed by atoms with Gasteiger partial charge in [-0.15, -0.1) is 0 Å². The predicted octanol–water partition coefficient (Wildman–Crippen LogP) is 1.38. The van der Waals surface area contributed by atoms with Crippen molar-refractivity contribution < 1.29 is 19.4 Å². The Balaban J connectivity index is 2.29. The van der Waals surface area contributed by atoms with Crippen LogP contribution in [0.1, 0.15) is 17.3 Å². The Morgan fingerprint density at radius 2 is 2.29 bits per heavy atom. The number of morpholine rings is 1. The summed E-state index contributed by atoms with van der Waals surface area (Å²) in [5, 5.41) is 12.0. The molecule has 114 valence electrons. The van der Waals surface area contributed by atoms with Crippen molar-refractivity contribution in [1.29, 1.82) is 0 Å². The van der Waals surface area contributed by atoms with Crippen LogP contribution in [0.15, 0.2) is 18.2 Å². The van der Waals surface area contributed by atoms with Crippen molar-refractivity contribution in [2.45, 2.75) is 13.0 Å². The lowest BCUT2D eigenvalue weighted by Gasteiger charge is -2.36. The van der Waals surface area contributed by atoms with E-state index in [0.29, 0.717) is 30.4 Å². The lowest BCUT2D eigenvalue weighted by Crippen LogP contribution is -2.54. The summed E-state index contributed by atoms with van der Waals surface area (Å²) in [6.45, 7) is 3.68. The topological polar surface area (TPSA) is 78.9 Å². The van der Waals surface area contributed by atoms with Gasteiger partial charge in [0, 0.05) is 13.1 Å². The van der Waals surface area contributed by atoms with Crippen molar-refractivity contribution >= 4 is 29.2 Å². The first kappa shape index (κ1) is 15.6. The number of hydrogen-bond donors (Lipinski definition) is 2. The highest BCUT2D eigenvalue weighted by Crippen LogP contribution is 2.29. The zero-order chi connectivity index (χ0) is 15.4. The molecule has 2 N–H and O–H groups in total. The van der Waals surface area contributed by atoms with Crippen LogP contribution in [-0.4, -0.2) is 49.3 Å². The number of carbonyl (C=O) groups excluding carboxylic acids is 1. The lowest BCUT2D eigenvalue weighted by molar-refractivity contribution is -0.124. The third-order valence-electron chi connectivity index (χ3n) is 3.29. The highest BCUT2D eigenvalue weighted by atomic mass is 35.5. The van der Waals surface area contributed by atoms with Crippen molar-refractivity contribution in [3.05, 3.63) is 28.8 Å². The van der Waals surface area contributed by atoms with Gasteiger partial charge in [0.15, 0.2) is 0 Å². The summed E-state index contributed by atoms with van der Waals surface area (Å²) in [6.07, 6.45) is 0. The van der Waals surface area contributed by atoms with Crippen molar-refractivity contribution in [2.75, 3.05) is 31.2 Å².